The topological polar surface area (TPSA) is 69.6 Å². The highest BCUT2D eigenvalue weighted by Crippen LogP contribution is 2.19. The van der Waals surface area contributed by atoms with Crippen LogP contribution in [0.5, 0.6) is 0 Å². The Balaban J connectivity index is 1.37. The number of rotatable bonds is 8. The van der Waals surface area contributed by atoms with E-state index in [0.717, 1.165) is 23.5 Å². The summed E-state index contributed by atoms with van der Waals surface area (Å²) >= 11 is 0. The van der Waals surface area contributed by atoms with Crippen LogP contribution in [0.1, 0.15) is 30.6 Å². The van der Waals surface area contributed by atoms with Gasteiger partial charge in [0, 0.05) is 38.3 Å². The first-order chi connectivity index (χ1) is 17.5. The molecule has 4 rings (SSSR count). The summed E-state index contributed by atoms with van der Waals surface area (Å²) in [6.07, 6.45) is 0.859. The minimum atomic E-state index is -0.572. The van der Waals surface area contributed by atoms with Gasteiger partial charge in [-0.15, -0.1) is 10.2 Å². The molecule has 1 aliphatic heterocycles. The highest BCUT2D eigenvalue weighted by molar-refractivity contribution is 5.96. The van der Waals surface area contributed by atoms with Gasteiger partial charge in [-0.2, -0.15) is 0 Å². The fraction of sp³-hybridized carbons (Fsp3) is 0.357. The van der Waals surface area contributed by atoms with Crippen molar-refractivity contribution in [1.82, 2.24) is 20.0 Å². The number of carbonyl (C=O) groups is 2. The second kappa shape index (κ2) is 11.7. The van der Waals surface area contributed by atoms with E-state index in [1.165, 1.54) is 17.0 Å². The number of hydrogen-bond donors (Lipinski definition) is 0. The van der Waals surface area contributed by atoms with E-state index in [-0.39, 0.29) is 23.9 Å². The molecule has 2 amide bonds. The summed E-state index contributed by atoms with van der Waals surface area (Å²) < 4.78 is 14.3. The molecule has 0 bridgehead atoms. The molecule has 1 atom stereocenters. The third kappa shape index (κ3) is 6.05. The second-order valence-corrected chi connectivity index (χ2v) is 9.19. The van der Waals surface area contributed by atoms with Gasteiger partial charge in [-0.25, -0.2) is 4.39 Å². The predicted octanol–water partition coefficient (Wildman–Crippen LogP) is 4.12. The van der Waals surface area contributed by atoms with Crippen LogP contribution in [0.2, 0.25) is 0 Å². The van der Waals surface area contributed by atoms with Crippen molar-refractivity contribution >= 4 is 17.6 Å². The largest absolute Gasteiger partial charge is 0.352 e. The summed E-state index contributed by atoms with van der Waals surface area (Å²) in [6, 6.07) is 19.7. The van der Waals surface area contributed by atoms with Gasteiger partial charge < -0.3 is 14.7 Å². The van der Waals surface area contributed by atoms with Gasteiger partial charge in [0.15, 0.2) is 5.82 Å². The maximum atomic E-state index is 14.3. The molecule has 3 aromatic rings. The molecule has 7 nitrogen and oxygen atoms in total. The molecule has 0 spiro atoms. The van der Waals surface area contributed by atoms with Gasteiger partial charge in [0.2, 0.25) is 5.91 Å². The Morgan fingerprint density at radius 3 is 2.28 bits per heavy atom. The first-order valence-corrected chi connectivity index (χ1v) is 12.4. The van der Waals surface area contributed by atoms with Crippen LogP contribution >= 0.6 is 0 Å². The molecule has 0 unspecified atom stereocenters. The van der Waals surface area contributed by atoms with E-state index in [1.807, 2.05) is 56.3 Å². The maximum Gasteiger partial charge on any atom is 0.257 e. The molecule has 1 aliphatic rings. The Morgan fingerprint density at radius 1 is 0.944 bits per heavy atom. The molecule has 1 aromatic heterocycles. The Hall–Kier alpha value is -3.81. The normalized spacial score (nSPS) is 14.4. The number of nitrogens with zero attached hydrogens (tertiary/aromatic N) is 5. The monoisotopic (exact) mass is 489 g/mol. The Kier molecular flexibility index (Phi) is 8.25. The Morgan fingerprint density at radius 2 is 1.64 bits per heavy atom. The summed E-state index contributed by atoms with van der Waals surface area (Å²) in [5.74, 6) is -0.183. The average Bonchev–Trinajstić information content (AvgIpc) is 2.93. The van der Waals surface area contributed by atoms with Crippen LogP contribution in [-0.4, -0.2) is 71.1 Å². The van der Waals surface area contributed by atoms with E-state index >= 15 is 0 Å². The fourth-order valence-electron chi connectivity index (χ4n) is 4.23. The van der Waals surface area contributed by atoms with Crippen LogP contribution in [0.4, 0.5) is 10.2 Å². The number of aromatic nitrogens is 2. The van der Waals surface area contributed by atoms with Gasteiger partial charge in [0.1, 0.15) is 12.4 Å². The first kappa shape index (κ1) is 25.3. The summed E-state index contributed by atoms with van der Waals surface area (Å²) in [4.78, 5) is 31.6. The van der Waals surface area contributed by atoms with Gasteiger partial charge >= 0.3 is 0 Å². The molecule has 1 saturated heterocycles. The molecular formula is C28H32FN5O2. The van der Waals surface area contributed by atoms with Crippen LogP contribution in [0, 0.1) is 11.7 Å². The fourth-order valence-corrected chi connectivity index (χ4v) is 4.23. The number of benzene rings is 2. The predicted molar refractivity (Wildman–Crippen MR) is 138 cm³/mol. The van der Waals surface area contributed by atoms with Crippen LogP contribution < -0.4 is 4.90 Å². The number of halogens is 1. The molecule has 0 radical (unpaired) electrons. The van der Waals surface area contributed by atoms with E-state index in [1.54, 1.807) is 17.0 Å². The molecule has 1 fully saturated rings. The van der Waals surface area contributed by atoms with E-state index < -0.39 is 11.7 Å². The maximum absolute atomic E-state index is 14.3. The van der Waals surface area contributed by atoms with E-state index in [9.17, 15) is 14.0 Å². The minimum Gasteiger partial charge on any atom is -0.352 e. The lowest BCUT2D eigenvalue weighted by molar-refractivity contribution is -0.132. The highest BCUT2D eigenvalue weighted by atomic mass is 19.1. The number of anilines is 1. The van der Waals surface area contributed by atoms with Gasteiger partial charge in [-0.05, 0) is 30.2 Å². The second-order valence-electron chi connectivity index (χ2n) is 9.19. The van der Waals surface area contributed by atoms with Gasteiger partial charge in [-0.3, -0.25) is 9.59 Å². The third-order valence-corrected chi connectivity index (χ3v) is 6.62. The number of piperazine rings is 1. The standard InChI is InChI=1S/C28H32FN5O2/c1-3-21(2)19-34(28(36)23-11-7-8-12-24(23)29)20-27(35)33-17-15-32(16-18-33)26-14-13-25(30-31-26)22-9-5-4-6-10-22/h4-14,21H,3,15-20H2,1-2H3/t21-/m1/s1. The van der Waals surface area contributed by atoms with E-state index in [0.29, 0.717) is 32.7 Å². The van der Waals surface area contributed by atoms with Gasteiger partial charge in [0.25, 0.3) is 5.91 Å². The molecule has 0 aliphatic carbocycles. The molecular weight excluding hydrogens is 457 g/mol. The van der Waals surface area contributed by atoms with Crippen molar-refractivity contribution in [1.29, 1.82) is 0 Å². The molecule has 36 heavy (non-hydrogen) atoms. The molecule has 188 valence electrons. The van der Waals surface area contributed by atoms with Crippen LogP contribution in [0.15, 0.2) is 66.7 Å². The van der Waals surface area contributed by atoms with Crippen molar-refractivity contribution in [3.8, 4) is 11.3 Å². The molecule has 0 N–H and O–H groups in total. The van der Waals surface area contributed by atoms with Crippen molar-refractivity contribution in [2.24, 2.45) is 5.92 Å². The zero-order chi connectivity index (χ0) is 25.5. The Labute approximate surface area is 211 Å². The Bertz CT molecular complexity index is 1160. The van der Waals surface area contributed by atoms with Crippen molar-refractivity contribution in [3.05, 3.63) is 78.1 Å². The van der Waals surface area contributed by atoms with Crippen molar-refractivity contribution in [3.63, 3.8) is 0 Å². The third-order valence-electron chi connectivity index (χ3n) is 6.62. The lowest BCUT2D eigenvalue weighted by atomic mass is 10.1. The smallest absolute Gasteiger partial charge is 0.257 e. The van der Waals surface area contributed by atoms with E-state index in [2.05, 4.69) is 15.1 Å². The minimum absolute atomic E-state index is 0.00375. The number of carbonyl (C=O) groups excluding carboxylic acids is 2. The van der Waals surface area contributed by atoms with Crippen molar-refractivity contribution in [2.45, 2.75) is 20.3 Å². The number of amides is 2. The zero-order valence-electron chi connectivity index (χ0n) is 20.8. The first-order valence-electron chi connectivity index (χ1n) is 12.4. The molecule has 0 saturated carbocycles. The number of hydrogen-bond acceptors (Lipinski definition) is 5. The summed E-state index contributed by atoms with van der Waals surface area (Å²) in [5, 5.41) is 8.75. The molecule has 8 heteroatoms. The van der Waals surface area contributed by atoms with E-state index in [4.69, 9.17) is 0 Å². The summed E-state index contributed by atoms with van der Waals surface area (Å²) in [5.41, 5.74) is 1.82. The van der Waals surface area contributed by atoms with Crippen LogP contribution in [-0.2, 0) is 4.79 Å². The summed E-state index contributed by atoms with van der Waals surface area (Å²) in [7, 11) is 0. The van der Waals surface area contributed by atoms with Crippen LogP contribution in [0.3, 0.4) is 0 Å². The van der Waals surface area contributed by atoms with Crippen molar-refractivity contribution in [2.75, 3.05) is 44.2 Å². The zero-order valence-corrected chi connectivity index (χ0v) is 20.8. The van der Waals surface area contributed by atoms with Gasteiger partial charge in [-0.1, -0.05) is 62.7 Å². The van der Waals surface area contributed by atoms with Crippen LogP contribution in [0.25, 0.3) is 11.3 Å². The van der Waals surface area contributed by atoms with Crippen molar-refractivity contribution < 1.29 is 14.0 Å². The molecule has 2 heterocycles. The van der Waals surface area contributed by atoms with Gasteiger partial charge in [0.05, 0.1) is 11.3 Å². The summed E-state index contributed by atoms with van der Waals surface area (Å²) in [6.45, 7) is 6.68. The SMILES string of the molecule is CC[C@@H](C)CN(CC(=O)N1CCN(c2ccc(-c3ccccc3)nn2)CC1)C(=O)c1ccccc1F. The quantitative estimate of drug-likeness (QED) is 0.476. The highest BCUT2D eigenvalue weighted by Gasteiger charge is 2.27. The average molecular weight is 490 g/mol. The lowest BCUT2D eigenvalue weighted by Crippen LogP contribution is -2.52. The lowest BCUT2D eigenvalue weighted by Gasteiger charge is -2.36. The molecule has 2 aromatic carbocycles.